The molecule has 0 saturated heterocycles. The van der Waals surface area contributed by atoms with Crippen LogP contribution in [0.1, 0.15) is 51.9 Å². The van der Waals surface area contributed by atoms with E-state index in [4.69, 9.17) is 10.5 Å². The Morgan fingerprint density at radius 2 is 2.11 bits per heavy atom. The lowest BCUT2D eigenvalue weighted by Gasteiger charge is -2.20. The number of nitrogens with zero attached hydrogens (tertiary/aromatic N) is 1. The summed E-state index contributed by atoms with van der Waals surface area (Å²) < 4.78 is 5.04. The highest BCUT2D eigenvalue weighted by Crippen LogP contribution is 2.27. The standard InChI is InChI=1S/C14H29N3O/c1-12(11-18-2)17-14(15)16-10-6-9-13-7-4-3-5-8-13/h12-13H,3-11H2,1-2H3,(H3,15,16,17). The Morgan fingerprint density at radius 3 is 2.78 bits per heavy atom. The summed E-state index contributed by atoms with van der Waals surface area (Å²) in [5.41, 5.74) is 5.81. The molecule has 1 rings (SSSR count). The predicted molar refractivity (Wildman–Crippen MR) is 76.8 cm³/mol. The van der Waals surface area contributed by atoms with Gasteiger partial charge in [-0.15, -0.1) is 0 Å². The highest BCUT2D eigenvalue weighted by Gasteiger charge is 2.12. The molecular formula is C14H29N3O. The van der Waals surface area contributed by atoms with E-state index in [0.29, 0.717) is 12.6 Å². The third kappa shape index (κ3) is 6.84. The molecule has 0 aliphatic heterocycles. The van der Waals surface area contributed by atoms with Gasteiger partial charge in [-0.3, -0.25) is 4.99 Å². The molecule has 1 fully saturated rings. The molecule has 0 aromatic heterocycles. The van der Waals surface area contributed by atoms with Gasteiger partial charge in [0.25, 0.3) is 0 Å². The minimum atomic E-state index is 0.220. The summed E-state index contributed by atoms with van der Waals surface area (Å²) in [4.78, 5) is 4.36. The SMILES string of the molecule is COCC(C)NC(N)=NCCCC1CCCCC1. The number of nitrogens with two attached hydrogens (primary N) is 1. The van der Waals surface area contributed by atoms with Crippen LogP contribution in [0, 0.1) is 5.92 Å². The van der Waals surface area contributed by atoms with Gasteiger partial charge in [-0.05, 0) is 25.7 Å². The van der Waals surface area contributed by atoms with Crippen LogP contribution in [0.3, 0.4) is 0 Å². The van der Waals surface area contributed by atoms with E-state index in [1.807, 2.05) is 6.92 Å². The Hall–Kier alpha value is -0.770. The predicted octanol–water partition coefficient (Wildman–Crippen LogP) is 2.29. The van der Waals surface area contributed by atoms with Crippen molar-refractivity contribution in [3.63, 3.8) is 0 Å². The average molecular weight is 255 g/mol. The van der Waals surface area contributed by atoms with Crippen molar-refractivity contribution < 1.29 is 4.74 Å². The fourth-order valence-corrected chi connectivity index (χ4v) is 2.65. The van der Waals surface area contributed by atoms with Crippen molar-refractivity contribution in [3.8, 4) is 0 Å². The van der Waals surface area contributed by atoms with Gasteiger partial charge in [0.15, 0.2) is 5.96 Å². The van der Waals surface area contributed by atoms with Gasteiger partial charge in [0, 0.05) is 19.7 Å². The van der Waals surface area contributed by atoms with Gasteiger partial charge in [-0.25, -0.2) is 0 Å². The van der Waals surface area contributed by atoms with E-state index >= 15 is 0 Å². The number of methoxy groups -OCH3 is 1. The lowest BCUT2D eigenvalue weighted by atomic mass is 9.86. The third-order valence-electron chi connectivity index (χ3n) is 3.59. The molecule has 4 nitrogen and oxygen atoms in total. The molecule has 1 atom stereocenters. The summed E-state index contributed by atoms with van der Waals surface area (Å²) in [5, 5.41) is 3.12. The molecule has 106 valence electrons. The molecule has 0 heterocycles. The minimum Gasteiger partial charge on any atom is -0.383 e. The zero-order chi connectivity index (χ0) is 13.2. The molecule has 0 aromatic carbocycles. The van der Waals surface area contributed by atoms with E-state index in [-0.39, 0.29) is 6.04 Å². The summed E-state index contributed by atoms with van der Waals surface area (Å²) >= 11 is 0. The van der Waals surface area contributed by atoms with Crippen LogP contribution in [0.4, 0.5) is 0 Å². The maximum atomic E-state index is 5.81. The number of guanidine groups is 1. The van der Waals surface area contributed by atoms with Gasteiger partial charge in [0.05, 0.1) is 6.61 Å². The average Bonchev–Trinajstić information content (AvgIpc) is 2.36. The Labute approximate surface area is 111 Å². The lowest BCUT2D eigenvalue weighted by molar-refractivity contribution is 0.179. The molecule has 1 aliphatic rings. The normalized spacial score (nSPS) is 19.8. The van der Waals surface area contributed by atoms with Crippen molar-refractivity contribution in [3.05, 3.63) is 0 Å². The number of ether oxygens (including phenoxy) is 1. The van der Waals surface area contributed by atoms with Crippen LogP contribution >= 0.6 is 0 Å². The molecule has 0 spiro atoms. The lowest BCUT2D eigenvalue weighted by Crippen LogP contribution is -2.40. The van der Waals surface area contributed by atoms with Crippen molar-refractivity contribution in [2.24, 2.45) is 16.6 Å². The first kappa shape index (κ1) is 15.3. The van der Waals surface area contributed by atoms with Crippen LogP contribution in [0.5, 0.6) is 0 Å². The summed E-state index contributed by atoms with van der Waals surface area (Å²) in [5.74, 6) is 1.48. The summed E-state index contributed by atoms with van der Waals surface area (Å²) in [6.45, 7) is 3.53. The maximum absolute atomic E-state index is 5.81. The second kappa shape index (κ2) is 9.20. The number of hydrogen-bond acceptors (Lipinski definition) is 2. The molecular weight excluding hydrogens is 226 g/mol. The number of hydrogen-bond donors (Lipinski definition) is 2. The molecule has 1 saturated carbocycles. The van der Waals surface area contributed by atoms with Gasteiger partial charge in [0.1, 0.15) is 0 Å². The van der Waals surface area contributed by atoms with Crippen LogP contribution in [0.15, 0.2) is 4.99 Å². The molecule has 1 unspecified atom stereocenters. The smallest absolute Gasteiger partial charge is 0.188 e. The third-order valence-corrected chi connectivity index (χ3v) is 3.59. The van der Waals surface area contributed by atoms with Crippen LogP contribution in [0.25, 0.3) is 0 Å². The highest BCUT2D eigenvalue weighted by molar-refractivity contribution is 5.78. The summed E-state index contributed by atoms with van der Waals surface area (Å²) in [7, 11) is 1.69. The monoisotopic (exact) mass is 255 g/mol. The van der Waals surface area contributed by atoms with Crippen molar-refractivity contribution in [1.29, 1.82) is 0 Å². The largest absolute Gasteiger partial charge is 0.383 e. The Balaban J connectivity index is 2.07. The van der Waals surface area contributed by atoms with E-state index in [2.05, 4.69) is 10.3 Å². The van der Waals surface area contributed by atoms with E-state index in [1.54, 1.807) is 7.11 Å². The van der Waals surface area contributed by atoms with Crippen LogP contribution in [-0.4, -0.2) is 32.3 Å². The van der Waals surface area contributed by atoms with E-state index in [1.165, 1.54) is 38.5 Å². The summed E-state index contributed by atoms with van der Waals surface area (Å²) in [6, 6.07) is 0.220. The topological polar surface area (TPSA) is 59.6 Å². The van der Waals surface area contributed by atoms with Gasteiger partial charge in [-0.1, -0.05) is 32.1 Å². The van der Waals surface area contributed by atoms with Crippen LogP contribution < -0.4 is 11.1 Å². The molecule has 0 bridgehead atoms. The summed E-state index contributed by atoms with van der Waals surface area (Å²) in [6.07, 6.45) is 9.59. The Kier molecular flexibility index (Phi) is 7.81. The highest BCUT2D eigenvalue weighted by atomic mass is 16.5. The van der Waals surface area contributed by atoms with Crippen molar-refractivity contribution in [2.45, 2.75) is 57.9 Å². The maximum Gasteiger partial charge on any atom is 0.188 e. The van der Waals surface area contributed by atoms with E-state index in [0.717, 1.165) is 18.9 Å². The minimum absolute atomic E-state index is 0.220. The zero-order valence-corrected chi connectivity index (χ0v) is 12.0. The van der Waals surface area contributed by atoms with Crippen molar-refractivity contribution >= 4 is 5.96 Å². The zero-order valence-electron chi connectivity index (χ0n) is 12.0. The Bertz CT molecular complexity index is 237. The van der Waals surface area contributed by atoms with Crippen LogP contribution in [-0.2, 0) is 4.74 Å². The second-order valence-electron chi connectivity index (χ2n) is 5.41. The number of nitrogens with one attached hydrogen (secondary N) is 1. The molecule has 0 amide bonds. The van der Waals surface area contributed by atoms with E-state index < -0.39 is 0 Å². The molecule has 0 radical (unpaired) electrons. The molecule has 0 aromatic rings. The number of aliphatic imine (C=N–C) groups is 1. The van der Waals surface area contributed by atoms with Crippen molar-refractivity contribution in [1.82, 2.24) is 5.32 Å². The van der Waals surface area contributed by atoms with Gasteiger partial charge in [-0.2, -0.15) is 0 Å². The molecule has 1 aliphatic carbocycles. The molecule has 18 heavy (non-hydrogen) atoms. The fourth-order valence-electron chi connectivity index (χ4n) is 2.65. The molecule has 4 heteroatoms. The Morgan fingerprint density at radius 1 is 1.39 bits per heavy atom. The van der Waals surface area contributed by atoms with E-state index in [9.17, 15) is 0 Å². The number of rotatable bonds is 7. The van der Waals surface area contributed by atoms with Gasteiger partial charge >= 0.3 is 0 Å². The molecule has 3 N–H and O–H groups in total. The second-order valence-corrected chi connectivity index (χ2v) is 5.41. The van der Waals surface area contributed by atoms with Gasteiger partial charge in [0.2, 0.25) is 0 Å². The first-order chi connectivity index (χ1) is 8.72. The first-order valence-electron chi connectivity index (χ1n) is 7.27. The fraction of sp³-hybridized carbons (Fsp3) is 0.929. The van der Waals surface area contributed by atoms with Crippen LogP contribution in [0.2, 0.25) is 0 Å². The van der Waals surface area contributed by atoms with Crippen molar-refractivity contribution in [2.75, 3.05) is 20.3 Å². The first-order valence-corrected chi connectivity index (χ1v) is 7.27. The van der Waals surface area contributed by atoms with Gasteiger partial charge < -0.3 is 15.8 Å². The quantitative estimate of drug-likeness (QED) is 0.417.